The minimum atomic E-state index is -3.64. The molecular formula is C19H22N4O3S2. The summed E-state index contributed by atoms with van der Waals surface area (Å²) in [5.74, 6) is -0.0249. The monoisotopic (exact) mass is 418 g/mol. The molecule has 3 aromatic rings. The van der Waals surface area contributed by atoms with Crippen molar-refractivity contribution in [3.8, 4) is 10.6 Å². The van der Waals surface area contributed by atoms with E-state index in [-0.39, 0.29) is 4.90 Å². The van der Waals surface area contributed by atoms with Crippen molar-refractivity contribution in [3.05, 3.63) is 52.9 Å². The predicted octanol–water partition coefficient (Wildman–Crippen LogP) is 3.73. The Labute approximate surface area is 168 Å². The Hall–Kier alpha value is -2.49. The summed E-state index contributed by atoms with van der Waals surface area (Å²) < 4.78 is 26.9. The zero-order chi connectivity index (χ0) is 20.3. The molecule has 9 heteroatoms. The summed E-state index contributed by atoms with van der Waals surface area (Å²) in [5, 5.41) is 11.7. The first-order valence-corrected chi connectivity index (χ1v) is 11.2. The Morgan fingerprint density at radius 3 is 2.61 bits per heavy atom. The van der Waals surface area contributed by atoms with Gasteiger partial charge in [0.1, 0.15) is 0 Å². The number of hydrogen-bond acceptors (Lipinski definition) is 5. The van der Waals surface area contributed by atoms with Gasteiger partial charge in [0, 0.05) is 24.7 Å². The number of sulfonamides is 1. The van der Waals surface area contributed by atoms with Gasteiger partial charge in [0.05, 0.1) is 15.5 Å². The van der Waals surface area contributed by atoms with Crippen LogP contribution in [0, 0.1) is 6.92 Å². The van der Waals surface area contributed by atoms with E-state index in [0.717, 1.165) is 10.6 Å². The Bertz CT molecular complexity index is 1070. The Morgan fingerprint density at radius 2 is 1.96 bits per heavy atom. The molecule has 3 rings (SSSR count). The molecule has 0 saturated heterocycles. The van der Waals surface area contributed by atoms with Gasteiger partial charge >= 0.3 is 0 Å². The van der Waals surface area contributed by atoms with Crippen molar-refractivity contribution in [2.45, 2.75) is 25.7 Å². The van der Waals surface area contributed by atoms with E-state index >= 15 is 0 Å². The summed E-state index contributed by atoms with van der Waals surface area (Å²) in [6, 6.07) is 10.2. The molecule has 0 spiro atoms. The first-order chi connectivity index (χ1) is 13.4. The van der Waals surface area contributed by atoms with Gasteiger partial charge < -0.3 is 5.32 Å². The highest BCUT2D eigenvalue weighted by Gasteiger charge is 2.23. The van der Waals surface area contributed by atoms with E-state index in [4.69, 9.17) is 0 Å². The zero-order valence-electron chi connectivity index (χ0n) is 15.9. The van der Waals surface area contributed by atoms with Crippen molar-refractivity contribution in [3.63, 3.8) is 0 Å². The summed E-state index contributed by atoms with van der Waals surface area (Å²) in [4.78, 5) is 13.9. The number of aromatic nitrogens is 2. The fourth-order valence-corrected chi connectivity index (χ4v) is 5.02. The van der Waals surface area contributed by atoms with Crippen LogP contribution in [0.4, 0.5) is 5.82 Å². The number of H-pyrrole nitrogens is 1. The summed E-state index contributed by atoms with van der Waals surface area (Å²) >= 11 is 1.56. The molecule has 0 atom stereocenters. The number of carbonyl (C=O) groups excluding carboxylic acids is 1. The van der Waals surface area contributed by atoms with E-state index in [0.29, 0.717) is 30.0 Å². The lowest BCUT2D eigenvalue weighted by Crippen LogP contribution is -2.30. The molecule has 2 heterocycles. The second-order valence-corrected chi connectivity index (χ2v) is 9.05. The second kappa shape index (κ2) is 8.26. The van der Waals surface area contributed by atoms with Crippen LogP contribution in [0.2, 0.25) is 0 Å². The van der Waals surface area contributed by atoms with E-state index in [1.54, 1.807) is 44.2 Å². The fourth-order valence-electron chi connectivity index (χ4n) is 2.85. The molecule has 148 valence electrons. The summed E-state index contributed by atoms with van der Waals surface area (Å²) in [6.45, 7) is 6.07. The molecule has 0 aliphatic carbocycles. The molecule has 0 aliphatic rings. The molecule has 2 aromatic heterocycles. The number of amides is 1. The fraction of sp³-hybridized carbons (Fsp3) is 0.263. The van der Waals surface area contributed by atoms with Crippen LogP contribution in [0.25, 0.3) is 10.6 Å². The molecule has 0 saturated carbocycles. The van der Waals surface area contributed by atoms with E-state index in [2.05, 4.69) is 15.5 Å². The molecule has 0 aliphatic heterocycles. The molecule has 0 unspecified atom stereocenters. The molecular weight excluding hydrogens is 396 g/mol. The first kappa shape index (κ1) is 20.2. The maximum absolute atomic E-state index is 12.8. The third-order valence-corrected chi connectivity index (χ3v) is 7.35. The number of benzene rings is 1. The van der Waals surface area contributed by atoms with Gasteiger partial charge in [0.25, 0.3) is 5.91 Å². The van der Waals surface area contributed by atoms with Crippen LogP contribution < -0.4 is 5.32 Å². The van der Waals surface area contributed by atoms with Crippen LogP contribution >= 0.6 is 11.3 Å². The van der Waals surface area contributed by atoms with E-state index in [1.807, 2.05) is 17.5 Å². The van der Waals surface area contributed by atoms with E-state index in [9.17, 15) is 13.2 Å². The molecule has 28 heavy (non-hydrogen) atoms. The van der Waals surface area contributed by atoms with Crippen molar-refractivity contribution in [1.82, 2.24) is 14.5 Å². The van der Waals surface area contributed by atoms with Crippen molar-refractivity contribution >= 4 is 33.1 Å². The third kappa shape index (κ3) is 4.01. The van der Waals surface area contributed by atoms with Crippen LogP contribution in [0.1, 0.15) is 29.8 Å². The number of thiophene rings is 1. The molecule has 0 radical (unpaired) electrons. The van der Waals surface area contributed by atoms with Gasteiger partial charge in [-0.15, -0.1) is 11.3 Å². The first-order valence-electron chi connectivity index (χ1n) is 8.88. The quantitative estimate of drug-likeness (QED) is 0.611. The van der Waals surface area contributed by atoms with Gasteiger partial charge in [-0.05, 0) is 36.1 Å². The number of nitrogens with one attached hydrogen (secondary N) is 2. The standard InChI is InChI=1S/C19H22N4O3S2/c1-4-23(5-2)28(25,26)14-9-8-13(3)15(11-14)19(24)20-18-12-16(21-22-18)17-7-6-10-27-17/h6-12H,4-5H2,1-3H3,(H2,20,21,22,24). The maximum atomic E-state index is 12.8. The maximum Gasteiger partial charge on any atom is 0.257 e. The van der Waals surface area contributed by atoms with Gasteiger partial charge in [-0.1, -0.05) is 26.0 Å². The summed E-state index contributed by atoms with van der Waals surface area (Å²) in [7, 11) is -3.64. The van der Waals surface area contributed by atoms with Crippen LogP contribution in [-0.2, 0) is 10.0 Å². The number of carbonyl (C=O) groups is 1. The molecule has 2 N–H and O–H groups in total. The lowest BCUT2D eigenvalue weighted by Gasteiger charge is -2.19. The highest BCUT2D eigenvalue weighted by atomic mass is 32.2. The predicted molar refractivity (Wildman–Crippen MR) is 111 cm³/mol. The molecule has 1 amide bonds. The summed E-state index contributed by atoms with van der Waals surface area (Å²) in [5.41, 5.74) is 1.79. The van der Waals surface area contributed by atoms with Gasteiger partial charge in [0.15, 0.2) is 5.82 Å². The van der Waals surface area contributed by atoms with Gasteiger partial charge in [-0.25, -0.2) is 8.42 Å². The SMILES string of the molecule is CCN(CC)S(=O)(=O)c1ccc(C)c(C(=O)Nc2cc(-c3cccs3)[nH]n2)c1. The summed E-state index contributed by atoms with van der Waals surface area (Å²) in [6.07, 6.45) is 0. The van der Waals surface area contributed by atoms with Crippen LogP contribution in [0.15, 0.2) is 46.7 Å². The smallest absolute Gasteiger partial charge is 0.257 e. The lowest BCUT2D eigenvalue weighted by atomic mass is 10.1. The Morgan fingerprint density at radius 1 is 1.21 bits per heavy atom. The Balaban J connectivity index is 1.86. The average molecular weight is 419 g/mol. The number of nitrogens with zero attached hydrogens (tertiary/aromatic N) is 2. The Kier molecular flexibility index (Phi) is 5.97. The van der Waals surface area contributed by atoms with Crippen LogP contribution in [0.3, 0.4) is 0 Å². The number of rotatable bonds is 7. The van der Waals surface area contributed by atoms with E-state index < -0.39 is 15.9 Å². The number of anilines is 1. The number of aryl methyl sites for hydroxylation is 1. The normalized spacial score (nSPS) is 11.7. The second-order valence-electron chi connectivity index (χ2n) is 6.16. The van der Waals surface area contributed by atoms with Gasteiger partial charge in [-0.3, -0.25) is 9.89 Å². The van der Waals surface area contributed by atoms with E-state index in [1.165, 1.54) is 16.4 Å². The molecule has 7 nitrogen and oxygen atoms in total. The lowest BCUT2D eigenvalue weighted by molar-refractivity contribution is 0.102. The van der Waals surface area contributed by atoms with Crippen LogP contribution in [0.5, 0.6) is 0 Å². The van der Waals surface area contributed by atoms with Crippen molar-refractivity contribution in [2.24, 2.45) is 0 Å². The van der Waals surface area contributed by atoms with Gasteiger partial charge in [-0.2, -0.15) is 9.40 Å². The largest absolute Gasteiger partial charge is 0.305 e. The molecule has 1 aromatic carbocycles. The highest BCUT2D eigenvalue weighted by molar-refractivity contribution is 7.89. The minimum absolute atomic E-state index is 0.105. The third-order valence-electron chi connectivity index (χ3n) is 4.40. The zero-order valence-corrected chi connectivity index (χ0v) is 17.5. The topological polar surface area (TPSA) is 95.2 Å². The number of aromatic amines is 1. The number of hydrogen-bond donors (Lipinski definition) is 2. The van der Waals surface area contributed by atoms with Crippen molar-refractivity contribution in [1.29, 1.82) is 0 Å². The van der Waals surface area contributed by atoms with Crippen LogP contribution in [-0.4, -0.2) is 41.9 Å². The molecule has 0 bridgehead atoms. The van der Waals surface area contributed by atoms with Gasteiger partial charge in [0.2, 0.25) is 10.0 Å². The minimum Gasteiger partial charge on any atom is -0.305 e. The van der Waals surface area contributed by atoms with Crippen molar-refractivity contribution < 1.29 is 13.2 Å². The highest BCUT2D eigenvalue weighted by Crippen LogP contribution is 2.25. The average Bonchev–Trinajstić information content (AvgIpc) is 3.34. The molecule has 0 fully saturated rings. The van der Waals surface area contributed by atoms with Crippen molar-refractivity contribution in [2.75, 3.05) is 18.4 Å².